The summed E-state index contributed by atoms with van der Waals surface area (Å²) in [6.45, 7) is 0. The first-order valence-electron chi connectivity index (χ1n) is 9.07. The van der Waals surface area contributed by atoms with Gasteiger partial charge in [0.2, 0.25) is 0 Å². The molecule has 0 saturated carbocycles. The maximum absolute atomic E-state index is 10.7. The molecule has 0 saturated heterocycles. The zero-order valence-electron chi connectivity index (χ0n) is 14.8. The summed E-state index contributed by atoms with van der Waals surface area (Å²) < 4.78 is 0. The van der Waals surface area contributed by atoms with Crippen LogP contribution in [0.4, 0.5) is 0 Å². The molecule has 3 N–H and O–H groups in total. The zero-order valence-corrected chi connectivity index (χ0v) is 14.8. The normalized spacial score (nSPS) is 17.4. The number of benzene rings is 4. The molecule has 27 heavy (non-hydrogen) atoms. The summed E-state index contributed by atoms with van der Waals surface area (Å²) in [5.41, 5.74) is 13.5. The minimum Gasteiger partial charge on any atom is -0.508 e. The predicted molar refractivity (Wildman–Crippen MR) is 109 cm³/mol. The Kier molecular flexibility index (Phi) is 3.43. The number of phenolic OH excluding ortho intramolecular Hbond substituents is 1. The number of para-hydroxylation sites is 1. The summed E-state index contributed by atoms with van der Waals surface area (Å²) in [7, 11) is 0. The van der Waals surface area contributed by atoms with Crippen LogP contribution in [-0.2, 0) is 5.54 Å². The van der Waals surface area contributed by atoms with E-state index in [0.29, 0.717) is 0 Å². The van der Waals surface area contributed by atoms with E-state index in [9.17, 15) is 5.11 Å². The molecule has 1 unspecified atom stereocenters. The van der Waals surface area contributed by atoms with Gasteiger partial charge in [-0.05, 0) is 39.4 Å². The molecular weight excluding hydrogens is 330 g/mol. The number of fused-ring (bicyclic) bond motifs is 3. The fourth-order valence-corrected chi connectivity index (χ4v) is 4.34. The van der Waals surface area contributed by atoms with E-state index >= 15 is 0 Å². The lowest BCUT2D eigenvalue weighted by atomic mass is 9.78. The van der Waals surface area contributed by atoms with Crippen molar-refractivity contribution in [3.05, 3.63) is 114 Å². The van der Waals surface area contributed by atoms with E-state index in [1.165, 1.54) is 0 Å². The largest absolute Gasteiger partial charge is 0.508 e. The topological polar surface area (TPSA) is 46.2 Å². The molecule has 0 aromatic heterocycles. The number of aromatic hydroxyl groups is 1. The molecule has 130 valence electrons. The molecule has 0 aliphatic heterocycles. The first kappa shape index (κ1) is 15.9. The molecule has 4 aromatic carbocycles. The average Bonchev–Trinajstić information content (AvgIpc) is 2.99. The third-order valence-corrected chi connectivity index (χ3v) is 5.51. The number of phenols is 1. The monoisotopic (exact) mass is 349 g/mol. The molecule has 0 radical (unpaired) electrons. The van der Waals surface area contributed by atoms with Crippen molar-refractivity contribution in [1.82, 2.24) is 0 Å². The van der Waals surface area contributed by atoms with Gasteiger partial charge in [-0.25, -0.2) is 0 Å². The molecule has 0 fully saturated rings. The first-order valence-corrected chi connectivity index (χ1v) is 9.07. The molecule has 1 atom stereocenters. The number of hydrogen-bond donors (Lipinski definition) is 2. The van der Waals surface area contributed by atoms with Crippen molar-refractivity contribution in [2.24, 2.45) is 5.73 Å². The van der Waals surface area contributed by atoms with Gasteiger partial charge in [-0.3, -0.25) is 0 Å². The Morgan fingerprint density at radius 1 is 0.556 bits per heavy atom. The standard InChI is InChI=1S/C25H19NO/c26-25(22-15-6-7-16-23(22)27)21-14-5-4-11-19(21)20-13-8-12-18(24(20)25)17-9-2-1-3-10-17/h1-16,27H,26H2. The Labute approximate surface area is 158 Å². The number of nitrogens with two attached hydrogens (primary N) is 1. The van der Waals surface area contributed by atoms with Gasteiger partial charge in [0, 0.05) is 5.56 Å². The third kappa shape index (κ3) is 2.17. The molecule has 0 amide bonds. The minimum absolute atomic E-state index is 0.213. The Morgan fingerprint density at radius 2 is 1.15 bits per heavy atom. The van der Waals surface area contributed by atoms with E-state index in [4.69, 9.17) is 5.73 Å². The highest BCUT2D eigenvalue weighted by Gasteiger charge is 2.44. The van der Waals surface area contributed by atoms with Gasteiger partial charge in [0.15, 0.2) is 0 Å². The summed E-state index contributed by atoms with van der Waals surface area (Å²) in [6.07, 6.45) is 0. The second kappa shape index (κ2) is 5.83. The van der Waals surface area contributed by atoms with Crippen LogP contribution in [0.2, 0.25) is 0 Å². The van der Waals surface area contributed by atoms with E-state index in [-0.39, 0.29) is 5.75 Å². The zero-order chi connectivity index (χ0) is 18.4. The van der Waals surface area contributed by atoms with Crippen LogP contribution >= 0.6 is 0 Å². The van der Waals surface area contributed by atoms with Crippen LogP contribution in [0.15, 0.2) is 97.1 Å². The van der Waals surface area contributed by atoms with E-state index < -0.39 is 5.54 Å². The van der Waals surface area contributed by atoms with Gasteiger partial charge < -0.3 is 10.8 Å². The highest BCUT2D eigenvalue weighted by molar-refractivity contribution is 5.90. The second-order valence-electron chi connectivity index (χ2n) is 6.96. The van der Waals surface area contributed by atoms with Crippen molar-refractivity contribution in [3.8, 4) is 28.0 Å². The summed E-state index contributed by atoms with van der Waals surface area (Å²) in [6, 6.07) is 32.2. The van der Waals surface area contributed by atoms with Crippen LogP contribution in [0.3, 0.4) is 0 Å². The van der Waals surface area contributed by atoms with Crippen LogP contribution < -0.4 is 5.73 Å². The molecule has 5 rings (SSSR count). The fourth-order valence-electron chi connectivity index (χ4n) is 4.34. The van der Waals surface area contributed by atoms with Crippen LogP contribution in [0, 0.1) is 0 Å². The van der Waals surface area contributed by atoms with Crippen LogP contribution in [0.25, 0.3) is 22.3 Å². The van der Waals surface area contributed by atoms with E-state index in [1.54, 1.807) is 6.07 Å². The third-order valence-electron chi connectivity index (χ3n) is 5.51. The summed E-state index contributed by atoms with van der Waals surface area (Å²) >= 11 is 0. The van der Waals surface area contributed by atoms with Gasteiger partial charge in [-0.2, -0.15) is 0 Å². The van der Waals surface area contributed by atoms with E-state index in [2.05, 4.69) is 42.5 Å². The van der Waals surface area contributed by atoms with Gasteiger partial charge in [0.05, 0.1) is 5.54 Å². The van der Waals surface area contributed by atoms with Crippen LogP contribution in [-0.4, -0.2) is 5.11 Å². The second-order valence-corrected chi connectivity index (χ2v) is 6.96. The molecule has 2 nitrogen and oxygen atoms in total. The van der Waals surface area contributed by atoms with Gasteiger partial charge in [-0.15, -0.1) is 0 Å². The number of hydrogen-bond acceptors (Lipinski definition) is 2. The molecule has 0 heterocycles. The smallest absolute Gasteiger partial charge is 0.121 e. The van der Waals surface area contributed by atoms with E-state index in [0.717, 1.165) is 38.9 Å². The van der Waals surface area contributed by atoms with Gasteiger partial charge in [0.25, 0.3) is 0 Å². The molecule has 4 aromatic rings. The van der Waals surface area contributed by atoms with Crippen molar-refractivity contribution in [2.45, 2.75) is 5.54 Å². The van der Waals surface area contributed by atoms with Crippen molar-refractivity contribution in [3.63, 3.8) is 0 Å². The Balaban J connectivity index is 1.91. The Bertz CT molecular complexity index is 1150. The Morgan fingerprint density at radius 3 is 1.93 bits per heavy atom. The van der Waals surface area contributed by atoms with Gasteiger partial charge in [0.1, 0.15) is 5.75 Å². The van der Waals surface area contributed by atoms with Crippen molar-refractivity contribution < 1.29 is 5.11 Å². The quantitative estimate of drug-likeness (QED) is 0.516. The van der Waals surface area contributed by atoms with Crippen molar-refractivity contribution >= 4 is 0 Å². The molecule has 0 bridgehead atoms. The molecule has 0 spiro atoms. The lowest BCUT2D eigenvalue weighted by Crippen LogP contribution is -2.37. The SMILES string of the molecule is NC1(c2ccccc2O)c2ccccc2-c2cccc(-c3ccccc3)c21. The maximum atomic E-state index is 10.7. The minimum atomic E-state index is -0.913. The van der Waals surface area contributed by atoms with E-state index in [1.807, 2.05) is 48.5 Å². The fraction of sp³-hybridized carbons (Fsp3) is 0.0400. The lowest BCUT2D eigenvalue weighted by molar-refractivity contribution is 0.456. The van der Waals surface area contributed by atoms with Gasteiger partial charge in [-0.1, -0.05) is 91.0 Å². The van der Waals surface area contributed by atoms with Crippen molar-refractivity contribution in [2.75, 3.05) is 0 Å². The van der Waals surface area contributed by atoms with Crippen molar-refractivity contribution in [1.29, 1.82) is 0 Å². The summed E-state index contributed by atoms with van der Waals surface area (Å²) in [5, 5.41) is 10.7. The van der Waals surface area contributed by atoms with Crippen LogP contribution in [0.1, 0.15) is 16.7 Å². The maximum Gasteiger partial charge on any atom is 0.121 e. The summed E-state index contributed by atoms with van der Waals surface area (Å²) in [5.74, 6) is 0.213. The predicted octanol–water partition coefficient (Wildman–Crippen LogP) is 5.29. The molecule has 2 heteroatoms. The lowest BCUT2D eigenvalue weighted by Gasteiger charge is -2.30. The molecular formula is C25H19NO. The molecule has 1 aliphatic rings. The van der Waals surface area contributed by atoms with Gasteiger partial charge >= 0.3 is 0 Å². The van der Waals surface area contributed by atoms with Crippen LogP contribution in [0.5, 0.6) is 5.75 Å². The Hall–Kier alpha value is -3.36. The highest BCUT2D eigenvalue weighted by Crippen LogP contribution is 2.53. The average molecular weight is 349 g/mol. The highest BCUT2D eigenvalue weighted by atomic mass is 16.3. The summed E-state index contributed by atoms with van der Waals surface area (Å²) in [4.78, 5) is 0. The molecule has 1 aliphatic carbocycles. The number of rotatable bonds is 2. The first-order chi connectivity index (χ1) is 13.2.